The Balaban J connectivity index is 0.000000183. The van der Waals surface area contributed by atoms with E-state index in [0.29, 0.717) is 65.2 Å². The lowest BCUT2D eigenvalue weighted by atomic mass is 9.90. The van der Waals surface area contributed by atoms with Crippen LogP contribution in [0.3, 0.4) is 0 Å². The van der Waals surface area contributed by atoms with E-state index in [1.165, 1.54) is 121 Å². The summed E-state index contributed by atoms with van der Waals surface area (Å²) in [5.74, 6) is -10.4. The Bertz CT molecular complexity index is 5770. The first kappa shape index (κ1) is 109. The summed E-state index contributed by atoms with van der Waals surface area (Å²) in [5, 5.41) is 174. The number of unbranched alkanes of at least 4 members (excludes halogenated alkanes) is 1. The van der Waals surface area contributed by atoms with Gasteiger partial charge >= 0.3 is 0 Å². The molecule has 4 saturated heterocycles. The standard InChI is InChI=1S/C24H25F3N4O6.C23H23F3N4O6.C18H24FN3O5.C14H16FN3O5.C7H3ClF2O.C4H11N/c1-36-8-7-30(23(35)14-5-6-16(26)17(27)10-14)24-22(34)20(21(33)19(12-32)37-24)31-11-18(28-29-31)13-3-2-4-15(25)9-13;24-14-3-1-2-12(8-14)17-10-30(28-27-17)19-20(33)18(11-32)36-23(21(19)34)29(6-7-31)22(35)13-4-5-15(25)16(26)9-13;1-26-7-3-6-14-17(24)16(18(25)15(10-23)27-14)22-9-13(20-21-22)11-4-2-5-12(19)8-11;15-8-3-1-2-7(4-8)9-5-18(17-16-9)11-12(20)10(6-19)23-14(22)13(11)21;8-7(11)4-1-2-5(9)6(10)3-4;1-2-3-4-5/h2-6,9-11,19-22,24,32-34H,7-8,12H2,1H3;1-5,8-10,18-21,23,31-34H,6-7,11H2;2,4-5,8-9,14-18,23-25H,3,6-7,10H2,1H3;1-5,10-14,19-22H,6H2;1-3H;2-5H2,1H3/t19?,20-,21-,22?,24?;18?,19-,20-,21?,23?;14?,15?,16-,17?,18+;10?,11-,12-,13?,14?;;/m0010../s1. The van der Waals surface area contributed by atoms with Crippen molar-refractivity contribution < 1.29 is 158 Å². The summed E-state index contributed by atoms with van der Waals surface area (Å²) in [7, 11) is 2.97. The number of aromatic nitrogens is 12. The molecule has 4 aliphatic rings. The number of nitrogens with two attached hydrogens (primary N) is 1. The fourth-order valence-electron chi connectivity index (χ4n) is 15.1. The van der Waals surface area contributed by atoms with Gasteiger partial charge in [-0.05, 0) is 141 Å². The van der Waals surface area contributed by atoms with Crippen LogP contribution >= 0.6 is 11.6 Å². The number of carbonyl (C=O) groups is 3. The Morgan fingerprint density at radius 3 is 1.01 bits per heavy atom. The summed E-state index contributed by atoms with van der Waals surface area (Å²) < 4.78 is 170. The van der Waals surface area contributed by atoms with Gasteiger partial charge in [0.15, 0.2) is 53.6 Å². The minimum Gasteiger partial charge on any atom is -0.395 e. The summed E-state index contributed by atoms with van der Waals surface area (Å²) in [5.41, 5.74) is 7.60. The molecule has 4 fully saturated rings. The molecule has 7 aromatic carbocycles. The summed E-state index contributed by atoms with van der Waals surface area (Å²) in [4.78, 5) is 38.7. The molecule has 16 N–H and O–H groups in total. The maximum atomic E-state index is 13.8. The molecule has 20 atom stereocenters. The van der Waals surface area contributed by atoms with Crippen LogP contribution in [0.4, 0.5) is 43.9 Å². The molecular formula is C90H102ClF10N15O23. The second-order valence-electron chi connectivity index (χ2n) is 31.6. The molecule has 4 aliphatic heterocycles. The van der Waals surface area contributed by atoms with Gasteiger partial charge < -0.3 is 115 Å². The van der Waals surface area contributed by atoms with Gasteiger partial charge in [0.25, 0.3) is 17.1 Å². The van der Waals surface area contributed by atoms with Crippen molar-refractivity contribution >= 4 is 28.7 Å². The largest absolute Gasteiger partial charge is 0.395 e. The molecule has 4 aromatic heterocycles. The predicted octanol–water partition coefficient (Wildman–Crippen LogP) is 4.29. The molecule has 139 heavy (non-hydrogen) atoms. The van der Waals surface area contributed by atoms with Gasteiger partial charge in [0, 0.05) is 72.9 Å². The SMILES string of the molecule is CCCCN.COCCCC1OC(CO)[C@H](O)[C@H](n2cc(-c3cccc(F)c3)nn2)C1O.COCCN(C(=O)c1ccc(F)c(F)c1)C1OC(CO)[C@H](O)[C@H](n2cc(-c3cccc(F)c3)nn2)C1O.O=C(Cl)c1ccc(F)c(F)c1.O=C(c1ccc(F)c(F)c1)N(CCO)C1OC(CO)[C@H](O)[C@H](n2cc(-c3cccc(F)c3)nn2)C1O.OCC1OC(O)C(O)[C@@H](n2cc(-c3cccc(F)c3)nn2)[C@H]1O. The third kappa shape index (κ3) is 27.8. The lowest BCUT2D eigenvalue weighted by Gasteiger charge is -2.46. The molecule has 752 valence electrons. The molecule has 0 spiro atoms. The van der Waals surface area contributed by atoms with E-state index >= 15 is 0 Å². The summed E-state index contributed by atoms with van der Waals surface area (Å²) in [6.45, 7) is 0.0689. The Hall–Kier alpha value is -11.5. The zero-order chi connectivity index (χ0) is 101. The maximum absolute atomic E-state index is 13.8. The third-order valence-electron chi connectivity index (χ3n) is 22.2. The number of benzene rings is 7. The highest BCUT2D eigenvalue weighted by Crippen LogP contribution is 2.39. The number of hydrogen-bond acceptors (Lipinski definition) is 32. The van der Waals surface area contributed by atoms with Crippen LogP contribution in [-0.4, -0.2) is 337 Å². The van der Waals surface area contributed by atoms with Gasteiger partial charge in [-0.2, -0.15) is 0 Å². The Morgan fingerprint density at radius 1 is 0.388 bits per heavy atom. The molecule has 8 heterocycles. The molecule has 0 radical (unpaired) electrons. The quantitative estimate of drug-likeness (QED) is 0.0185. The van der Waals surface area contributed by atoms with Crippen molar-refractivity contribution in [3.63, 3.8) is 0 Å². The van der Waals surface area contributed by atoms with E-state index in [4.69, 9.17) is 45.8 Å². The minimum atomic E-state index is -1.68. The van der Waals surface area contributed by atoms with Gasteiger partial charge in [0.05, 0.1) is 70.5 Å². The van der Waals surface area contributed by atoms with E-state index in [2.05, 4.69) is 48.2 Å². The average Bonchev–Trinajstić information content (AvgIpc) is 1.49. The molecule has 0 bridgehead atoms. The molecular weight excluding hydrogens is 1880 g/mol. The van der Waals surface area contributed by atoms with Gasteiger partial charge in [0.1, 0.15) is 143 Å². The molecule has 49 heteroatoms. The van der Waals surface area contributed by atoms with Crippen molar-refractivity contribution in [1.29, 1.82) is 0 Å². The zero-order valence-electron chi connectivity index (χ0n) is 74.1. The monoisotopic (exact) mass is 1990 g/mol. The van der Waals surface area contributed by atoms with E-state index < -0.39 is 231 Å². The molecule has 15 rings (SSSR count). The lowest BCUT2D eigenvalue weighted by Crippen LogP contribution is -2.62. The smallest absolute Gasteiger partial charge is 0.256 e. The van der Waals surface area contributed by atoms with E-state index in [9.17, 15) is 130 Å². The average molecular weight is 1990 g/mol. The number of halogens is 11. The lowest BCUT2D eigenvalue weighted by molar-refractivity contribution is -0.270. The van der Waals surface area contributed by atoms with Gasteiger partial charge in [-0.15, -0.1) is 20.4 Å². The highest BCUT2D eigenvalue weighted by Gasteiger charge is 2.53. The van der Waals surface area contributed by atoms with Crippen molar-refractivity contribution in [2.75, 3.05) is 80.1 Å². The van der Waals surface area contributed by atoms with Crippen LogP contribution in [0.5, 0.6) is 0 Å². The molecule has 12 unspecified atom stereocenters. The maximum Gasteiger partial charge on any atom is 0.256 e. The van der Waals surface area contributed by atoms with Crippen LogP contribution in [0.15, 0.2) is 176 Å². The van der Waals surface area contributed by atoms with Crippen LogP contribution in [0.2, 0.25) is 0 Å². The van der Waals surface area contributed by atoms with Crippen molar-refractivity contribution in [1.82, 2.24) is 69.8 Å². The number of hydrogen-bond donors (Lipinski definition) is 15. The van der Waals surface area contributed by atoms with E-state index in [1.54, 1.807) is 37.4 Å². The number of ether oxygens (including phenoxy) is 6. The van der Waals surface area contributed by atoms with Crippen LogP contribution in [0.25, 0.3) is 45.0 Å². The number of aliphatic hydroxyl groups excluding tert-OH is 14. The first-order valence-corrected chi connectivity index (χ1v) is 43.3. The molecule has 2 amide bonds. The number of methoxy groups -OCH3 is 2. The zero-order valence-corrected chi connectivity index (χ0v) is 74.9. The third-order valence-corrected chi connectivity index (χ3v) is 22.4. The van der Waals surface area contributed by atoms with Crippen molar-refractivity contribution in [2.45, 2.75) is 155 Å². The fourth-order valence-corrected chi connectivity index (χ4v) is 15.2. The summed E-state index contributed by atoms with van der Waals surface area (Å²) in [6, 6.07) is 26.0. The summed E-state index contributed by atoms with van der Waals surface area (Å²) >= 11 is 5.00. The molecule has 11 aromatic rings. The van der Waals surface area contributed by atoms with Crippen LogP contribution in [-0.2, 0) is 28.4 Å². The number of carbonyl (C=O) groups excluding carboxylic acids is 3. The van der Waals surface area contributed by atoms with Gasteiger partial charge in [0.2, 0.25) is 0 Å². The van der Waals surface area contributed by atoms with Gasteiger partial charge in [-0.25, -0.2) is 62.6 Å². The number of amides is 2. The number of nitrogens with zero attached hydrogens (tertiary/aromatic N) is 14. The van der Waals surface area contributed by atoms with E-state index in [-0.39, 0.29) is 47.8 Å². The first-order valence-electron chi connectivity index (χ1n) is 42.9. The topological polar surface area (TPSA) is 545 Å². The molecule has 0 aliphatic carbocycles. The number of rotatable bonds is 28. The van der Waals surface area contributed by atoms with Crippen LogP contribution < -0.4 is 5.73 Å². The Kier molecular flexibility index (Phi) is 41.0. The highest BCUT2D eigenvalue weighted by atomic mass is 35.5. The first-order chi connectivity index (χ1) is 66.6. The Labute approximate surface area is 790 Å². The van der Waals surface area contributed by atoms with Crippen LogP contribution in [0.1, 0.15) is 87.8 Å². The predicted molar refractivity (Wildman–Crippen MR) is 466 cm³/mol. The van der Waals surface area contributed by atoms with Crippen molar-refractivity contribution in [2.24, 2.45) is 5.73 Å². The van der Waals surface area contributed by atoms with Crippen molar-refractivity contribution in [3.05, 3.63) is 251 Å². The second kappa shape index (κ2) is 52.1. The second-order valence-corrected chi connectivity index (χ2v) is 31.9. The van der Waals surface area contributed by atoms with Gasteiger partial charge in [-0.1, -0.05) is 82.7 Å². The van der Waals surface area contributed by atoms with Crippen molar-refractivity contribution in [3.8, 4) is 45.0 Å². The van der Waals surface area contributed by atoms with Gasteiger partial charge in [-0.3, -0.25) is 14.4 Å². The van der Waals surface area contributed by atoms with E-state index in [0.717, 1.165) is 68.2 Å². The van der Waals surface area contributed by atoms with Crippen LogP contribution in [0, 0.1) is 58.2 Å². The normalized spacial score (nSPS) is 24.3. The Morgan fingerprint density at radius 2 is 0.705 bits per heavy atom. The molecule has 0 saturated carbocycles. The fraction of sp³-hybridized carbons (Fsp3) is 0.411. The summed E-state index contributed by atoms with van der Waals surface area (Å²) in [6.07, 6.45) is -11.7. The minimum absolute atomic E-state index is 0.00788. The molecule has 38 nitrogen and oxygen atoms in total. The van der Waals surface area contributed by atoms with E-state index in [1.807, 2.05) is 0 Å². The highest BCUT2D eigenvalue weighted by molar-refractivity contribution is 6.67. The number of aliphatic hydroxyl groups is 14.